The Morgan fingerprint density at radius 2 is 1.97 bits per heavy atom. The molecule has 2 aromatic carbocycles. The maximum atomic E-state index is 13.4. The van der Waals surface area contributed by atoms with E-state index in [0.717, 1.165) is 33.9 Å². The molecule has 3 aromatic rings. The molecule has 1 aromatic heterocycles. The van der Waals surface area contributed by atoms with Crippen LogP contribution in [-0.2, 0) is 17.9 Å². The summed E-state index contributed by atoms with van der Waals surface area (Å²) in [5.41, 5.74) is 2.62. The zero-order valence-electron chi connectivity index (χ0n) is 16.3. The zero-order valence-corrected chi connectivity index (χ0v) is 17.9. The predicted molar refractivity (Wildman–Crippen MR) is 116 cm³/mol. The number of likely N-dealkylation sites (tertiary alicyclic amines) is 1. The number of hydrogen-bond donors (Lipinski definition) is 0. The molecule has 29 heavy (non-hydrogen) atoms. The Kier molecular flexibility index (Phi) is 5.72. The van der Waals surface area contributed by atoms with Crippen molar-refractivity contribution in [1.82, 2.24) is 9.47 Å². The van der Waals surface area contributed by atoms with Crippen LogP contribution in [0.25, 0.3) is 10.9 Å². The first-order valence-electron chi connectivity index (χ1n) is 9.88. The van der Waals surface area contributed by atoms with E-state index in [0.29, 0.717) is 18.5 Å². The maximum Gasteiger partial charge on any atom is 0.410 e. The van der Waals surface area contributed by atoms with Crippen molar-refractivity contribution in [2.75, 3.05) is 6.54 Å². The van der Waals surface area contributed by atoms with Crippen molar-refractivity contribution in [2.24, 2.45) is 0 Å². The van der Waals surface area contributed by atoms with Gasteiger partial charge in [0.2, 0.25) is 0 Å². The number of hydrogen-bond acceptors (Lipinski definition) is 3. The first-order valence-corrected chi connectivity index (χ1v) is 10.7. The van der Waals surface area contributed by atoms with Gasteiger partial charge in [-0.25, -0.2) is 4.79 Å². The van der Waals surface area contributed by atoms with Crippen LogP contribution in [0.5, 0.6) is 0 Å². The molecule has 1 atom stereocenters. The van der Waals surface area contributed by atoms with Crippen LogP contribution in [0.15, 0.2) is 59.2 Å². The summed E-state index contributed by atoms with van der Waals surface area (Å²) in [5.74, 6) is -0.0190. The number of amides is 1. The normalized spacial score (nSPS) is 16.3. The highest BCUT2D eigenvalue weighted by molar-refractivity contribution is 9.10. The van der Waals surface area contributed by atoms with Gasteiger partial charge in [0.15, 0.2) is 5.78 Å². The molecule has 0 spiro atoms. The summed E-state index contributed by atoms with van der Waals surface area (Å²) in [6, 6.07) is 15.1. The molecule has 1 aliphatic heterocycles. The summed E-state index contributed by atoms with van der Waals surface area (Å²) >= 11 is 3.50. The standard InChI is InChI=1S/C23H23BrN2O3/c1-2-25-14-19(18-13-17(24)10-11-20(18)25)22(27)21-9-6-12-26(21)23(28)29-15-16-7-4-3-5-8-16/h3-5,7-8,10-11,13-14,21H,2,6,9,12,15H2,1H3/t21-/m0/s1. The minimum absolute atomic E-state index is 0.0190. The molecule has 1 fully saturated rings. The molecule has 0 bridgehead atoms. The Bertz CT molecular complexity index is 1040. The number of carbonyl (C=O) groups excluding carboxylic acids is 2. The van der Waals surface area contributed by atoms with Crippen molar-refractivity contribution in [1.29, 1.82) is 0 Å². The first kappa shape index (κ1) is 19.7. The van der Waals surface area contributed by atoms with E-state index in [-0.39, 0.29) is 12.4 Å². The van der Waals surface area contributed by atoms with Gasteiger partial charge in [0, 0.05) is 40.2 Å². The molecule has 1 saturated heterocycles. The van der Waals surface area contributed by atoms with Crippen LogP contribution in [-0.4, -0.2) is 33.9 Å². The Morgan fingerprint density at radius 1 is 1.17 bits per heavy atom. The molecule has 0 unspecified atom stereocenters. The molecular formula is C23H23BrN2O3. The number of aromatic nitrogens is 1. The minimum Gasteiger partial charge on any atom is -0.445 e. The van der Waals surface area contributed by atoms with E-state index in [1.807, 2.05) is 54.7 Å². The Balaban J connectivity index is 1.56. The van der Waals surface area contributed by atoms with Crippen LogP contribution in [0.2, 0.25) is 0 Å². The van der Waals surface area contributed by atoms with Crippen LogP contribution < -0.4 is 0 Å². The molecule has 1 aliphatic rings. The fraction of sp³-hybridized carbons (Fsp3) is 0.304. The summed E-state index contributed by atoms with van der Waals surface area (Å²) < 4.78 is 8.48. The summed E-state index contributed by atoms with van der Waals surface area (Å²) in [6.07, 6.45) is 2.94. The molecule has 1 amide bonds. The van der Waals surface area contributed by atoms with Crippen LogP contribution in [0, 0.1) is 0 Å². The third-order valence-electron chi connectivity index (χ3n) is 5.44. The highest BCUT2D eigenvalue weighted by Gasteiger charge is 2.36. The van der Waals surface area contributed by atoms with Crippen LogP contribution >= 0.6 is 15.9 Å². The second-order valence-electron chi connectivity index (χ2n) is 7.25. The van der Waals surface area contributed by atoms with Crippen molar-refractivity contribution in [2.45, 2.75) is 39.0 Å². The average Bonchev–Trinajstić information content (AvgIpc) is 3.37. The van der Waals surface area contributed by atoms with E-state index >= 15 is 0 Å². The number of benzene rings is 2. The van der Waals surface area contributed by atoms with E-state index < -0.39 is 12.1 Å². The predicted octanol–water partition coefficient (Wildman–Crippen LogP) is 5.41. The van der Waals surface area contributed by atoms with Gasteiger partial charge >= 0.3 is 6.09 Å². The fourth-order valence-corrected chi connectivity index (χ4v) is 4.33. The number of carbonyl (C=O) groups is 2. The van der Waals surface area contributed by atoms with Gasteiger partial charge in [-0.05, 0) is 43.5 Å². The van der Waals surface area contributed by atoms with Gasteiger partial charge < -0.3 is 9.30 Å². The number of ether oxygens (including phenoxy) is 1. The number of fused-ring (bicyclic) bond motifs is 1. The highest BCUT2D eigenvalue weighted by atomic mass is 79.9. The maximum absolute atomic E-state index is 13.4. The van der Waals surface area contributed by atoms with Crippen molar-refractivity contribution < 1.29 is 14.3 Å². The Morgan fingerprint density at radius 3 is 2.72 bits per heavy atom. The van der Waals surface area contributed by atoms with Crippen LogP contribution in [0.3, 0.4) is 0 Å². The average molecular weight is 455 g/mol. The second-order valence-corrected chi connectivity index (χ2v) is 8.16. The molecule has 0 radical (unpaired) electrons. The lowest BCUT2D eigenvalue weighted by Gasteiger charge is -2.23. The molecule has 0 aliphatic carbocycles. The topological polar surface area (TPSA) is 51.5 Å². The molecule has 4 rings (SSSR count). The summed E-state index contributed by atoms with van der Waals surface area (Å²) in [4.78, 5) is 27.7. The summed E-state index contributed by atoms with van der Waals surface area (Å²) in [7, 11) is 0. The monoisotopic (exact) mass is 454 g/mol. The molecule has 6 heteroatoms. The van der Waals surface area contributed by atoms with Gasteiger partial charge in [-0.1, -0.05) is 46.3 Å². The summed E-state index contributed by atoms with van der Waals surface area (Å²) in [6.45, 7) is 3.58. The van der Waals surface area contributed by atoms with Gasteiger partial charge in [0.05, 0.1) is 6.04 Å². The second kappa shape index (κ2) is 8.41. The number of nitrogens with zero attached hydrogens (tertiary/aromatic N) is 2. The first-order chi connectivity index (χ1) is 14.1. The third-order valence-corrected chi connectivity index (χ3v) is 5.94. The lowest BCUT2D eigenvalue weighted by Crippen LogP contribution is -2.40. The van der Waals surface area contributed by atoms with Gasteiger partial charge in [-0.2, -0.15) is 0 Å². The lowest BCUT2D eigenvalue weighted by molar-refractivity contribution is 0.0739. The molecule has 150 valence electrons. The van der Waals surface area contributed by atoms with Gasteiger partial charge in [-0.15, -0.1) is 0 Å². The molecule has 0 saturated carbocycles. The number of Topliss-reactive ketones (excluding diaryl/α,β-unsaturated/α-hetero) is 1. The van der Waals surface area contributed by atoms with Gasteiger partial charge in [0.25, 0.3) is 0 Å². The molecule has 5 nitrogen and oxygen atoms in total. The molecule has 0 N–H and O–H groups in total. The quantitative estimate of drug-likeness (QED) is 0.484. The van der Waals surface area contributed by atoms with E-state index in [4.69, 9.17) is 4.74 Å². The highest BCUT2D eigenvalue weighted by Crippen LogP contribution is 2.30. The van der Waals surface area contributed by atoms with E-state index in [2.05, 4.69) is 27.4 Å². The van der Waals surface area contributed by atoms with Crippen LogP contribution in [0.1, 0.15) is 35.7 Å². The fourth-order valence-electron chi connectivity index (χ4n) is 3.97. The third kappa shape index (κ3) is 3.94. The smallest absolute Gasteiger partial charge is 0.410 e. The minimum atomic E-state index is -0.479. The molecular weight excluding hydrogens is 432 g/mol. The van der Waals surface area contributed by atoms with Crippen molar-refractivity contribution in [3.05, 3.63) is 70.3 Å². The van der Waals surface area contributed by atoms with Crippen molar-refractivity contribution in [3.63, 3.8) is 0 Å². The Labute approximate surface area is 178 Å². The van der Waals surface area contributed by atoms with E-state index in [1.165, 1.54) is 0 Å². The lowest BCUT2D eigenvalue weighted by atomic mass is 10.0. The summed E-state index contributed by atoms with van der Waals surface area (Å²) in [5, 5.41) is 0.913. The number of aryl methyl sites for hydroxylation is 1. The molecule has 2 heterocycles. The Hall–Kier alpha value is -2.60. The van der Waals surface area contributed by atoms with Crippen molar-refractivity contribution in [3.8, 4) is 0 Å². The van der Waals surface area contributed by atoms with E-state index in [9.17, 15) is 9.59 Å². The number of halogens is 1. The zero-order chi connectivity index (χ0) is 20.4. The SMILES string of the molecule is CCn1cc(C(=O)[C@@H]2CCCN2C(=O)OCc2ccccc2)c2cc(Br)ccc21. The largest absolute Gasteiger partial charge is 0.445 e. The van der Waals surface area contributed by atoms with Crippen LogP contribution in [0.4, 0.5) is 4.79 Å². The van der Waals surface area contributed by atoms with Crippen molar-refractivity contribution >= 4 is 38.7 Å². The van der Waals surface area contributed by atoms with Gasteiger partial charge in [-0.3, -0.25) is 9.69 Å². The van der Waals surface area contributed by atoms with E-state index in [1.54, 1.807) is 4.90 Å². The van der Waals surface area contributed by atoms with Gasteiger partial charge in [0.1, 0.15) is 6.61 Å². The number of rotatable bonds is 5. The number of ketones is 1.